The van der Waals surface area contributed by atoms with Gasteiger partial charge >= 0.3 is 0 Å². The summed E-state index contributed by atoms with van der Waals surface area (Å²) in [7, 11) is -2.17. The van der Waals surface area contributed by atoms with Crippen LogP contribution in [0.3, 0.4) is 0 Å². The Morgan fingerprint density at radius 2 is 1.82 bits per heavy atom. The molecule has 0 aliphatic carbocycles. The standard InChI is InChI=1S/C18H16Cl2N4O3S/c1-23(11-9-13-4-2-3-10-21-13)28(26,27)15-7-5-14(6-8-15)24-18(25)17(20)16(19)12-22-24/h2-8,10,12H,9,11H2,1H3. The van der Waals surface area contributed by atoms with E-state index in [1.807, 2.05) is 12.1 Å². The molecule has 0 amide bonds. The summed E-state index contributed by atoms with van der Waals surface area (Å²) >= 11 is 11.6. The van der Waals surface area contributed by atoms with Crippen molar-refractivity contribution >= 4 is 33.2 Å². The van der Waals surface area contributed by atoms with E-state index in [0.29, 0.717) is 12.1 Å². The Morgan fingerprint density at radius 3 is 2.46 bits per heavy atom. The third-order valence-electron chi connectivity index (χ3n) is 4.07. The summed E-state index contributed by atoms with van der Waals surface area (Å²) in [5.74, 6) is 0. The van der Waals surface area contributed by atoms with Gasteiger partial charge < -0.3 is 0 Å². The molecule has 28 heavy (non-hydrogen) atoms. The normalized spacial score (nSPS) is 11.7. The van der Waals surface area contributed by atoms with Crippen molar-refractivity contribution in [3.63, 3.8) is 0 Å². The van der Waals surface area contributed by atoms with Crippen molar-refractivity contribution in [1.29, 1.82) is 0 Å². The van der Waals surface area contributed by atoms with Gasteiger partial charge in [-0.15, -0.1) is 0 Å². The first kappa shape index (κ1) is 20.5. The van der Waals surface area contributed by atoms with Crippen LogP contribution in [-0.2, 0) is 16.4 Å². The number of benzene rings is 1. The van der Waals surface area contributed by atoms with Gasteiger partial charge in [0.1, 0.15) is 5.02 Å². The first-order valence-corrected chi connectivity index (χ1v) is 10.4. The highest BCUT2D eigenvalue weighted by Crippen LogP contribution is 2.19. The summed E-state index contributed by atoms with van der Waals surface area (Å²) in [5, 5.41) is 3.82. The van der Waals surface area contributed by atoms with Crippen molar-refractivity contribution in [3.8, 4) is 5.69 Å². The molecule has 0 saturated heterocycles. The molecule has 0 N–H and O–H groups in total. The van der Waals surface area contributed by atoms with E-state index in [9.17, 15) is 13.2 Å². The van der Waals surface area contributed by atoms with Gasteiger partial charge in [0.2, 0.25) is 10.0 Å². The predicted octanol–water partition coefficient (Wildman–Crippen LogP) is 2.80. The van der Waals surface area contributed by atoms with E-state index in [-0.39, 0.29) is 21.5 Å². The molecule has 0 aliphatic heterocycles. The fraction of sp³-hybridized carbons (Fsp3) is 0.167. The van der Waals surface area contributed by atoms with Crippen LogP contribution >= 0.6 is 23.2 Å². The summed E-state index contributed by atoms with van der Waals surface area (Å²) in [6.45, 7) is 0.287. The monoisotopic (exact) mass is 438 g/mol. The maximum absolute atomic E-state index is 12.7. The Bertz CT molecular complexity index is 1130. The second-order valence-corrected chi connectivity index (χ2v) is 8.75. The number of aromatic nitrogens is 3. The second kappa shape index (κ2) is 8.40. The molecule has 2 aromatic heterocycles. The first-order chi connectivity index (χ1) is 13.3. The Hall–Kier alpha value is -2.26. The van der Waals surface area contributed by atoms with Crippen LogP contribution in [0.4, 0.5) is 0 Å². The molecule has 0 radical (unpaired) electrons. The lowest BCUT2D eigenvalue weighted by Gasteiger charge is -2.17. The minimum atomic E-state index is -3.68. The van der Waals surface area contributed by atoms with E-state index >= 15 is 0 Å². The number of halogens is 2. The highest BCUT2D eigenvalue weighted by Gasteiger charge is 2.21. The van der Waals surface area contributed by atoms with Crippen LogP contribution in [0.1, 0.15) is 5.69 Å². The highest BCUT2D eigenvalue weighted by molar-refractivity contribution is 7.89. The average molecular weight is 439 g/mol. The first-order valence-electron chi connectivity index (χ1n) is 8.21. The zero-order valence-corrected chi connectivity index (χ0v) is 17.1. The molecule has 146 valence electrons. The molecular formula is C18H16Cl2N4O3S. The minimum Gasteiger partial charge on any atom is -0.266 e. The minimum absolute atomic E-state index is 0.0524. The predicted molar refractivity (Wildman–Crippen MR) is 108 cm³/mol. The maximum atomic E-state index is 12.7. The van der Waals surface area contributed by atoms with Gasteiger partial charge in [-0.25, -0.2) is 12.7 Å². The van der Waals surface area contributed by atoms with Gasteiger partial charge in [0.05, 0.1) is 21.8 Å². The van der Waals surface area contributed by atoms with Crippen LogP contribution < -0.4 is 5.56 Å². The van der Waals surface area contributed by atoms with Gasteiger partial charge in [-0.1, -0.05) is 29.3 Å². The summed E-state index contributed by atoms with van der Waals surface area (Å²) in [6.07, 6.45) is 3.42. The fourth-order valence-corrected chi connectivity index (χ4v) is 3.90. The van der Waals surface area contributed by atoms with Crippen molar-refractivity contribution in [1.82, 2.24) is 19.1 Å². The van der Waals surface area contributed by atoms with Gasteiger partial charge in [-0.05, 0) is 36.4 Å². The lowest BCUT2D eigenvalue weighted by Crippen LogP contribution is -2.29. The quantitative estimate of drug-likeness (QED) is 0.590. The van der Waals surface area contributed by atoms with E-state index in [0.717, 1.165) is 10.4 Å². The number of pyridine rings is 1. The lowest BCUT2D eigenvalue weighted by atomic mass is 10.3. The molecule has 0 bridgehead atoms. The lowest BCUT2D eigenvalue weighted by molar-refractivity contribution is 0.471. The van der Waals surface area contributed by atoms with E-state index in [2.05, 4.69) is 10.1 Å². The molecule has 0 spiro atoms. The molecule has 7 nitrogen and oxygen atoms in total. The molecule has 0 unspecified atom stereocenters. The summed E-state index contributed by atoms with van der Waals surface area (Å²) < 4.78 is 27.8. The van der Waals surface area contributed by atoms with Gasteiger partial charge in [0.25, 0.3) is 5.56 Å². The Kier molecular flexibility index (Phi) is 6.14. The van der Waals surface area contributed by atoms with Gasteiger partial charge in [0.15, 0.2) is 0 Å². The zero-order valence-electron chi connectivity index (χ0n) is 14.8. The summed E-state index contributed by atoms with van der Waals surface area (Å²) in [4.78, 5) is 16.4. The number of hydrogen-bond donors (Lipinski definition) is 0. The average Bonchev–Trinajstić information content (AvgIpc) is 2.71. The van der Waals surface area contributed by atoms with Crippen LogP contribution in [0.5, 0.6) is 0 Å². The third kappa shape index (κ3) is 4.25. The molecule has 0 saturated carbocycles. The van der Waals surface area contributed by atoms with E-state index in [1.54, 1.807) is 12.3 Å². The number of sulfonamides is 1. The number of hydrogen-bond acceptors (Lipinski definition) is 5. The summed E-state index contributed by atoms with van der Waals surface area (Å²) in [6, 6.07) is 11.3. The van der Waals surface area contributed by atoms with Crippen LogP contribution in [-0.4, -0.2) is 41.1 Å². The third-order valence-corrected chi connectivity index (χ3v) is 6.69. The molecule has 0 aliphatic rings. The molecule has 10 heteroatoms. The molecule has 3 rings (SSSR count). The Morgan fingerprint density at radius 1 is 1.11 bits per heavy atom. The van der Waals surface area contributed by atoms with E-state index in [1.165, 1.54) is 41.8 Å². The number of rotatable bonds is 6. The molecule has 0 fully saturated rings. The zero-order chi connectivity index (χ0) is 20.3. The van der Waals surface area contributed by atoms with E-state index in [4.69, 9.17) is 23.2 Å². The molecule has 2 heterocycles. The van der Waals surface area contributed by atoms with Crippen molar-refractivity contribution < 1.29 is 8.42 Å². The number of nitrogens with zero attached hydrogens (tertiary/aromatic N) is 4. The topological polar surface area (TPSA) is 85.2 Å². The fourth-order valence-electron chi connectivity index (χ4n) is 2.47. The molecular weight excluding hydrogens is 423 g/mol. The van der Waals surface area contributed by atoms with Crippen LogP contribution in [0.2, 0.25) is 10.0 Å². The molecule has 1 aromatic carbocycles. The highest BCUT2D eigenvalue weighted by atomic mass is 35.5. The van der Waals surface area contributed by atoms with Crippen molar-refractivity contribution in [3.05, 3.63) is 81.0 Å². The molecule has 3 aromatic rings. The van der Waals surface area contributed by atoms with Crippen LogP contribution in [0, 0.1) is 0 Å². The van der Waals surface area contributed by atoms with Crippen molar-refractivity contribution in [2.45, 2.75) is 11.3 Å². The van der Waals surface area contributed by atoms with Gasteiger partial charge in [0, 0.05) is 31.9 Å². The SMILES string of the molecule is CN(CCc1ccccn1)S(=O)(=O)c1ccc(-n2ncc(Cl)c(Cl)c2=O)cc1. The Labute approximate surface area is 172 Å². The van der Waals surface area contributed by atoms with Gasteiger partial charge in [-0.2, -0.15) is 9.78 Å². The van der Waals surface area contributed by atoms with Crippen LogP contribution in [0.25, 0.3) is 5.69 Å². The largest absolute Gasteiger partial charge is 0.291 e. The van der Waals surface area contributed by atoms with Crippen molar-refractivity contribution in [2.24, 2.45) is 0 Å². The van der Waals surface area contributed by atoms with Crippen LogP contribution in [0.15, 0.2) is 64.5 Å². The maximum Gasteiger partial charge on any atom is 0.291 e. The number of likely N-dealkylation sites (N-methyl/N-ethyl adjacent to an activating group) is 1. The van der Waals surface area contributed by atoms with E-state index < -0.39 is 15.6 Å². The van der Waals surface area contributed by atoms with Crippen molar-refractivity contribution in [2.75, 3.05) is 13.6 Å². The smallest absolute Gasteiger partial charge is 0.266 e. The van der Waals surface area contributed by atoms with Gasteiger partial charge in [-0.3, -0.25) is 9.78 Å². The second-order valence-electron chi connectivity index (χ2n) is 5.91. The summed E-state index contributed by atoms with van der Waals surface area (Å²) in [5.41, 5.74) is 0.598. The molecule has 0 atom stereocenters. The Balaban J connectivity index is 1.80.